The Labute approximate surface area is 182 Å². The van der Waals surface area contributed by atoms with E-state index in [0.29, 0.717) is 36.3 Å². The van der Waals surface area contributed by atoms with Gasteiger partial charge in [0.05, 0.1) is 17.1 Å². The predicted molar refractivity (Wildman–Crippen MR) is 121 cm³/mol. The van der Waals surface area contributed by atoms with Crippen molar-refractivity contribution < 1.29 is 18.0 Å². The standard InChI is InChI=1S/C22H26N2O4S2/c1-3-24(4-2)22(26)16-9-11-17(12-10-16)23-21(25)19-7-5-6-8-20(19)29-18-13-14-30(27,28)15-18/h5-12,18H,3-4,13-15H2,1-2H3,(H,23,25). The van der Waals surface area contributed by atoms with Crippen molar-refractivity contribution in [3.63, 3.8) is 0 Å². The lowest BCUT2D eigenvalue weighted by Gasteiger charge is -2.18. The molecule has 1 heterocycles. The highest BCUT2D eigenvalue weighted by atomic mass is 32.2. The van der Waals surface area contributed by atoms with E-state index in [9.17, 15) is 18.0 Å². The molecule has 1 aliphatic rings. The van der Waals surface area contributed by atoms with Crippen LogP contribution in [0.5, 0.6) is 0 Å². The van der Waals surface area contributed by atoms with Gasteiger partial charge in [0.25, 0.3) is 11.8 Å². The van der Waals surface area contributed by atoms with Crippen LogP contribution < -0.4 is 5.32 Å². The minimum absolute atomic E-state index is 0.0330. The zero-order chi connectivity index (χ0) is 21.7. The summed E-state index contributed by atoms with van der Waals surface area (Å²) in [4.78, 5) is 27.8. The molecule has 2 amide bonds. The molecule has 0 spiro atoms. The summed E-state index contributed by atoms with van der Waals surface area (Å²) in [5, 5.41) is 2.83. The number of hydrogen-bond donors (Lipinski definition) is 1. The highest BCUT2D eigenvalue weighted by Crippen LogP contribution is 2.33. The summed E-state index contributed by atoms with van der Waals surface area (Å²) in [7, 11) is -2.97. The third-order valence-electron chi connectivity index (χ3n) is 5.06. The molecule has 1 fully saturated rings. The van der Waals surface area contributed by atoms with E-state index in [-0.39, 0.29) is 28.6 Å². The van der Waals surface area contributed by atoms with Crippen molar-refractivity contribution in [3.8, 4) is 0 Å². The lowest BCUT2D eigenvalue weighted by atomic mass is 10.1. The first-order chi connectivity index (χ1) is 14.3. The molecule has 8 heteroatoms. The number of nitrogens with one attached hydrogen (secondary N) is 1. The molecular formula is C22H26N2O4S2. The van der Waals surface area contributed by atoms with Gasteiger partial charge in [0, 0.05) is 34.5 Å². The van der Waals surface area contributed by atoms with Crippen molar-refractivity contribution in [3.05, 3.63) is 59.7 Å². The van der Waals surface area contributed by atoms with Gasteiger partial charge in [-0.3, -0.25) is 9.59 Å². The second kappa shape index (κ2) is 9.66. The van der Waals surface area contributed by atoms with Crippen LogP contribution in [0.3, 0.4) is 0 Å². The maximum atomic E-state index is 12.8. The van der Waals surface area contributed by atoms with Gasteiger partial charge in [-0.1, -0.05) is 12.1 Å². The quantitative estimate of drug-likeness (QED) is 0.701. The van der Waals surface area contributed by atoms with Gasteiger partial charge >= 0.3 is 0 Å². The van der Waals surface area contributed by atoms with Crippen molar-refractivity contribution in [2.45, 2.75) is 30.4 Å². The molecule has 0 saturated carbocycles. The van der Waals surface area contributed by atoms with Crippen molar-refractivity contribution in [1.82, 2.24) is 4.90 Å². The number of amides is 2. The number of nitrogens with zero attached hydrogens (tertiary/aromatic N) is 1. The van der Waals surface area contributed by atoms with Gasteiger partial charge in [0.1, 0.15) is 0 Å². The number of hydrogen-bond acceptors (Lipinski definition) is 5. The number of thioether (sulfide) groups is 1. The van der Waals surface area contributed by atoms with Crippen LogP contribution in [0.2, 0.25) is 0 Å². The Kier molecular flexibility index (Phi) is 7.20. The molecule has 1 aliphatic heterocycles. The smallest absolute Gasteiger partial charge is 0.256 e. The zero-order valence-corrected chi connectivity index (χ0v) is 18.8. The molecule has 1 unspecified atom stereocenters. The Balaban J connectivity index is 1.70. The van der Waals surface area contributed by atoms with Crippen LogP contribution in [0.25, 0.3) is 0 Å². The van der Waals surface area contributed by atoms with E-state index in [2.05, 4.69) is 5.32 Å². The number of carbonyl (C=O) groups excluding carboxylic acids is 2. The van der Waals surface area contributed by atoms with Crippen molar-refractivity contribution in [2.24, 2.45) is 0 Å². The van der Waals surface area contributed by atoms with Crippen LogP contribution in [-0.2, 0) is 9.84 Å². The van der Waals surface area contributed by atoms with Crippen LogP contribution in [0.1, 0.15) is 41.0 Å². The van der Waals surface area contributed by atoms with E-state index < -0.39 is 9.84 Å². The van der Waals surface area contributed by atoms with Gasteiger partial charge in [-0.05, 0) is 56.7 Å². The fourth-order valence-corrected chi connectivity index (χ4v) is 7.00. The van der Waals surface area contributed by atoms with Crippen molar-refractivity contribution in [2.75, 3.05) is 29.9 Å². The summed E-state index contributed by atoms with van der Waals surface area (Å²) < 4.78 is 23.5. The molecule has 6 nitrogen and oxygen atoms in total. The van der Waals surface area contributed by atoms with E-state index in [1.807, 2.05) is 26.0 Å². The fraction of sp³-hybridized carbons (Fsp3) is 0.364. The molecule has 0 bridgehead atoms. The summed E-state index contributed by atoms with van der Waals surface area (Å²) in [5.74, 6) is 0.0562. The minimum Gasteiger partial charge on any atom is -0.339 e. The van der Waals surface area contributed by atoms with Crippen LogP contribution in [0.15, 0.2) is 53.4 Å². The molecule has 1 saturated heterocycles. The SMILES string of the molecule is CCN(CC)C(=O)c1ccc(NC(=O)c2ccccc2SC2CCS(=O)(=O)C2)cc1. The Morgan fingerprint density at radius 2 is 1.73 bits per heavy atom. The molecule has 0 aliphatic carbocycles. The third-order valence-corrected chi connectivity index (χ3v) is 8.38. The molecule has 30 heavy (non-hydrogen) atoms. The Hall–Kier alpha value is -2.32. The Bertz CT molecular complexity index is 1020. The maximum absolute atomic E-state index is 12.8. The van der Waals surface area contributed by atoms with Gasteiger partial charge in [-0.15, -0.1) is 11.8 Å². The minimum atomic E-state index is -2.97. The second-order valence-corrected chi connectivity index (χ2v) is 10.7. The molecule has 1 atom stereocenters. The second-order valence-electron chi connectivity index (χ2n) is 7.15. The predicted octanol–water partition coefficient (Wildman–Crippen LogP) is 3.70. The molecule has 2 aromatic carbocycles. The number of anilines is 1. The summed E-state index contributed by atoms with van der Waals surface area (Å²) in [5.41, 5.74) is 1.68. The van der Waals surface area contributed by atoms with Crippen LogP contribution in [-0.4, -0.2) is 55.0 Å². The fourth-order valence-electron chi connectivity index (χ4n) is 3.38. The average molecular weight is 447 g/mol. The number of rotatable bonds is 7. The lowest BCUT2D eigenvalue weighted by molar-refractivity contribution is 0.0773. The van der Waals surface area contributed by atoms with Gasteiger partial charge in [0.15, 0.2) is 9.84 Å². The van der Waals surface area contributed by atoms with Crippen LogP contribution in [0, 0.1) is 0 Å². The topological polar surface area (TPSA) is 83.6 Å². The Morgan fingerprint density at radius 1 is 1.07 bits per heavy atom. The monoisotopic (exact) mass is 446 g/mol. The summed E-state index contributed by atoms with van der Waals surface area (Å²) in [6.45, 7) is 5.16. The van der Waals surface area contributed by atoms with Gasteiger partial charge in [-0.2, -0.15) is 0 Å². The van der Waals surface area contributed by atoms with E-state index in [1.165, 1.54) is 11.8 Å². The zero-order valence-electron chi connectivity index (χ0n) is 17.1. The van der Waals surface area contributed by atoms with E-state index in [1.54, 1.807) is 41.3 Å². The molecular weight excluding hydrogens is 420 g/mol. The molecule has 0 aromatic heterocycles. The highest BCUT2D eigenvalue weighted by Gasteiger charge is 2.29. The largest absolute Gasteiger partial charge is 0.339 e. The third kappa shape index (κ3) is 5.43. The molecule has 2 aromatic rings. The maximum Gasteiger partial charge on any atom is 0.256 e. The normalized spacial score (nSPS) is 17.5. The number of carbonyl (C=O) groups is 2. The first-order valence-corrected chi connectivity index (χ1v) is 12.7. The first kappa shape index (κ1) is 22.4. The number of benzene rings is 2. The summed E-state index contributed by atoms with van der Waals surface area (Å²) >= 11 is 1.44. The van der Waals surface area contributed by atoms with E-state index in [4.69, 9.17) is 0 Å². The number of sulfone groups is 1. The lowest BCUT2D eigenvalue weighted by Crippen LogP contribution is -2.30. The molecule has 3 rings (SSSR count). The van der Waals surface area contributed by atoms with Gasteiger partial charge in [-0.25, -0.2) is 8.42 Å². The van der Waals surface area contributed by atoms with Crippen LogP contribution >= 0.6 is 11.8 Å². The summed E-state index contributed by atoms with van der Waals surface area (Å²) in [6, 6.07) is 14.1. The molecule has 0 radical (unpaired) electrons. The Morgan fingerprint density at radius 3 is 2.33 bits per heavy atom. The highest BCUT2D eigenvalue weighted by molar-refractivity contribution is 8.02. The molecule has 160 valence electrons. The van der Waals surface area contributed by atoms with Crippen molar-refractivity contribution in [1.29, 1.82) is 0 Å². The summed E-state index contributed by atoms with van der Waals surface area (Å²) in [6.07, 6.45) is 0.602. The van der Waals surface area contributed by atoms with E-state index in [0.717, 1.165) is 4.90 Å². The van der Waals surface area contributed by atoms with Gasteiger partial charge < -0.3 is 10.2 Å². The van der Waals surface area contributed by atoms with Crippen LogP contribution in [0.4, 0.5) is 5.69 Å². The first-order valence-electron chi connectivity index (χ1n) is 9.99. The average Bonchev–Trinajstić information content (AvgIpc) is 3.08. The van der Waals surface area contributed by atoms with E-state index >= 15 is 0 Å². The molecule has 1 N–H and O–H groups in total. The van der Waals surface area contributed by atoms with Crippen molar-refractivity contribution >= 4 is 39.1 Å². The van der Waals surface area contributed by atoms with Gasteiger partial charge in [0.2, 0.25) is 0 Å².